The van der Waals surface area contributed by atoms with Crippen molar-refractivity contribution in [2.24, 2.45) is 0 Å². The van der Waals surface area contributed by atoms with Gasteiger partial charge in [0, 0.05) is 23.7 Å². The average molecular weight is 237 g/mol. The average Bonchev–Trinajstić information content (AvgIpc) is 2.60. The number of nitrogens with zero attached hydrogens (tertiary/aromatic N) is 1. The predicted molar refractivity (Wildman–Crippen MR) is 70.0 cm³/mol. The van der Waals surface area contributed by atoms with Crippen LogP contribution in [0.15, 0.2) is 30.3 Å². The maximum atomic E-state index is 5.69. The van der Waals surface area contributed by atoms with E-state index >= 15 is 0 Å². The molecule has 1 heterocycles. The normalized spacial score (nSPS) is 19.9. The van der Waals surface area contributed by atoms with E-state index in [4.69, 9.17) is 4.74 Å². The summed E-state index contributed by atoms with van der Waals surface area (Å²) in [6, 6.07) is 10.0. The van der Waals surface area contributed by atoms with Crippen molar-refractivity contribution >= 4 is 11.8 Å². The molecule has 0 radical (unpaired) electrons. The molecular formula is C13H19NOS. The molecule has 1 fully saturated rings. The van der Waals surface area contributed by atoms with Crippen molar-refractivity contribution < 1.29 is 4.74 Å². The molecule has 1 aromatic carbocycles. The zero-order valence-electron chi connectivity index (χ0n) is 9.98. The summed E-state index contributed by atoms with van der Waals surface area (Å²) in [5.74, 6) is 2.10. The third kappa shape index (κ3) is 3.42. The lowest BCUT2D eigenvalue weighted by Gasteiger charge is -2.18. The predicted octanol–water partition coefficient (Wildman–Crippen LogP) is 2.85. The van der Waals surface area contributed by atoms with Crippen molar-refractivity contribution in [3.05, 3.63) is 30.3 Å². The van der Waals surface area contributed by atoms with Gasteiger partial charge < -0.3 is 4.74 Å². The van der Waals surface area contributed by atoms with Crippen LogP contribution in [0.25, 0.3) is 0 Å². The van der Waals surface area contributed by atoms with Crippen LogP contribution < -0.4 is 4.74 Å². The molecule has 3 heteroatoms. The van der Waals surface area contributed by atoms with Gasteiger partial charge in [0.05, 0.1) is 0 Å². The van der Waals surface area contributed by atoms with E-state index in [1.807, 2.05) is 42.1 Å². The summed E-state index contributed by atoms with van der Waals surface area (Å²) in [6.07, 6.45) is 0. The van der Waals surface area contributed by atoms with Gasteiger partial charge in [0.25, 0.3) is 0 Å². The molecule has 0 saturated carbocycles. The Hall–Kier alpha value is -0.670. The molecule has 1 saturated heterocycles. The molecule has 2 rings (SSSR count). The van der Waals surface area contributed by atoms with Crippen LogP contribution in [0.4, 0.5) is 0 Å². The lowest BCUT2D eigenvalue weighted by Crippen LogP contribution is -2.30. The Balaban J connectivity index is 1.70. The standard InChI is InChI=1S/C13H19NOS/c1-13(2)10-14(11-16-13)8-9-15-12-6-4-3-5-7-12/h3-7H,8-11H2,1-2H3. The molecule has 16 heavy (non-hydrogen) atoms. The van der Waals surface area contributed by atoms with Crippen molar-refractivity contribution in [1.82, 2.24) is 4.90 Å². The fourth-order valence-electron chi connectivity index (χ4n) is 1.85. The molecular weight excluding hydrogens is 218 g/mol. The Bertz CT molecular complexity index is 326. The Morgan fingerprint density at radius 2 is 2.06 bits per heavy atom. The van der Waals surface area contributed by atoms with E-state index in [1.165, 1.54) is 0 Å². The van der Waals surface area contributed by atoms with Crippen LogP contribution in [-0.4, -0.2) is 35.2 Å². The lowest BCUT2D eigenvalue weighted by atomic mass is 10.2. The first-order valence-electron chi connectivity index (χ1n) is 5.70. The van der Waals surface area contributed by atoms with Crippen LogP contribution >= 0.6 is 11.8 Å². The summed E-state index contributed by atoms with van der Waals surface area (Å²) in [5, 5.41) is 0. The quantitative estimate of drug-likeness (QED) is 0.799. The first kappa shape index (κ1) is 11.8. The van der Waals surface area contributed by atoms with Gasteiger partial charge in [0.2, 0.25) is 0 Å². The minimum atomic E-state index is 0.409. The van der Waals surface area contributed by atoms with Crippen molar-refractivity contribution in [3.63, 3.8) is 0 Å². The molecule has 0 spiro atoms. The van der Waals surface area contributed by atoms with E-state index in [1.54, 1.807) is 0 Å². The van der Waals surface area contributed by atoms with Crippen molar-refractivity contribution in [2.75, 3.05) is 25.6 Å². The number of benzene rings is 1. The molecule has 0 amide bonds. The molecule has 1 aliphatic heterocycles. The summed E-state index contributed by atoms with van der Waals surface area (Å²) >= 11 is 2.02. The summed E-state index contributed by atoms with van der Waals surface area (Å²) in [4.78, 5) is 2.45. The maximum Gasteiger partial charge on any atom is 0.119 e. The second-order valence-electron chi connectivity index (χ2n) is 4.75. The van der Waals surface area contributed by atoms with Gasteiger partial charge in [-0.3, -0.25) is 4.90 Å². The van der Waals surface area contributed by atoms with E-state index in [9.17, 15) is 0 Å². The second kappa shape index (κ2) is 5.11. The first-order chi connectivity index (χ1) is 7.66. The van der Waals surface area contributed by atoms with Gasteiger partial charge in [-0.2, -0.15) is 0 Å². The van der Waals surface area contributed by atoms with E-state index in [0.717, 1.165) is 31.3 Å². The molecule has 2 nitrogen and oxygen atoms in total. The van der Waals surface area contributed by atoms with E-state index in [2.05, 4.69) is 18.7 Å². The van der Waals surface area contributed by atoms with Crippen LogP contribution in [0.1, 0.15) is 13.8 Å². The summed E-state index contributed by atoms with van der Waals surface area (Å²) in [5.41, 5.74) is 0. The monoisotopic (exact) mass is 237 g/mol. The van der Waals surface area contributed by atoms with Crippen molar-refractivity contribution in [2.45, 2.75) is 18.6 Å². The Morgan fingerprint density at radius 1 is 1.31 bits per heavy atom. The van der Waals surface area contributed by atoms with Gasteiger partial charge in [0.1, 0.15) is 12.4 Å². The van der Waals surface area contributed by atoms with Gasteiger partial charge in [-0.15, -0.1) is 11.8 Å². The van der Waals surface area contributed by atoms with Gasteiger partial charge in [-0.05, 0) is 26.0 Å². The van der Waals surface area contributed by atoms with Crippen LogP contribution in [0.3, 0.4) is 0 Å². The number of ether oxygens (including phenoxy) is 1. The SMILES string of the molecule is CC1(C)CN(CCOc2ccccc2)CS1. The lowest BCUT2D eigenvalue weighted by molar-refractivity contribution is 0.233. The van der Waals surface area contributed by atoms with Crippen LogP contribution in [0.5, 0.6) is 5.75 Å². The van der Waals surface area contributed by atoms with E-state index < -0.39 is 0 Å². The van der Waals surface area contributed by atoms with E-state index in [-0.39, 0.29) is 0 Å². The van der Waals surface area contributed by atoms with Crippen molar-refractivity contribution in [3.8, 4) is 5.75 Å². The minimum absolute atomic E-state index is 0.409. The molecule has 0 aromatic heterocycles. The summed E-state index contributed by atoms with van der Waals surface area (Å²) < 4.78 is 6.09. The smallest absolute Gasteiger partial charge is 0.119 e. The molecule has 0 unspecified atom stereocenters. The zero-order valence-corrected chi connectivity index (χ0v) is 10.8. The third-order valence-corrected chi connectivity index (χ3v) is 4.07. The molecule has 1 aromatic rings. The summed E-state index contributed by atoms with van der Waals surface area (Å²) in [7, 11) is 0. The number of hydrogen-bond donors (Lipinski definition) is 0. The Kier molecular flexibility index (Phi) is 3.77. The molecule has 0 bridgehead atoms. The fourth-order valence-corrected chi connectivity index (χ4v) is 2.88. The van der Waals surface area contributed by atoms with Crippen LogP contribution in [-0.2, 0) is 0 Å². The molecule has 1 aliphatic rings. The zero-order chi connectivity index (χ0) is 11.4. The highest BCUT2D eigenvalue weighted by atomic mass is 32.2. The third-order valence-electron chi connectivity index (χ3n) is 2.66. The number of para-hydroxylation sites is 1. The van der Waals surface area contributed by atoms with Crippen LogP contribution in [0, 0.1) is 0 Å². The molecule has 88 valence electrons. The largest absolute Gasteiger partial charge is 0.492 e. The van der Waals surface area contributed by atoms with Gasteiger partial charge in [-0.25, -0.2) is 0 Å². The topological polar surface area (TPSA) is 12.5 Å². The maximum absolute atomic E-state index is 5.69. The Morgan fingerprint density at radius 3 is 2.69 bits per heavy atom. The minimum Gasteiger partial charge on any atom is -0.492 e. The fraction of sp³-hybridized carbons (Fsp3) is 0.538. The highest BCUT2D eigenvalue weighted by molar-refractivity contribution is 8.00. The van der Waals surface area contributed by atoms with E-state index in [0.29, 0.717) is 4.75 Å². The molecule has 0 N–H and O–H groups in total. The highest BCUT2D eigenvalue weighted by Crippen LogP contribution is 2.32. The first-order valence-corrected chi connectivity index (χ1v) is 6.68. The second-order valence-corrected chi connectivity index (χ2v) is 6.40. The number of hydrogen-bond acceptors (Lipinski definition) is 3. The number of thioether (sulfide) groups is 1. The van der Waals surface area contributed by atoms with Crippen LogP contribution in [0.2, 0.25) is 0 Å². The number of rotatable bonds is 4. The van der Waals surface area contributed by atoms with Gasteiger partial charge in [-0.1, -0.05) is 18.2 Å². The van der Waals surface area contributed by atoms with Gasteiger partial charge >= 0.3 is 0 Å². The van der Waals surface area contributed by atoms with Crippen molar-refractivity contribution in [1.29, 1.82) is 0 Å². The van der Waals surface area contributed by atoms with Gasteiger partial charge in [0.15, 0.2) is 0 Å². The Labute approximate surface area is 102 Å². The molecule has 0 atom stereocenters. The molecule has 0 aliphatic carbocycles. The summed E-state index contributed by atoms with van der Waals surface area (Å²) in [6.45, 7) is 7.56. The highest BCUT2D eigenvalue weighted by Gasteiger charge is 2.29.